The summed E-state index contributed by atoms with van der Waals surface area (Å²) in [6.45, 7) is 4.33. The monoisotopic (exact) mass is 262 g/mol. The first kappa shape index (κ1) is 12.7. The van der Waals surface area contributed by atoms with E-state index < -0.39 is 0 Å². The molecule has 0 aliphatic carbocycles. The highest BCUT2D eigenvalue weighted by Gasteiger charge is 2.09. The second-order valence-electron chi connectivity index (χ2n) is 5.10. The summed E-state index contributed by atoms with van der Waals surface area (Å²) in [4.78, 5) is 4.49. The molecular formula is C18H18N2. The van der Waals surface area contributed by atoms with Crippen molar-refractivity contribution in [3.63, 3.8) is 0 Å². The van der Waals surface area contributed by atoms with Crippen molar-refractivity contribution in [1.29, 1.82) is 0 Å². The highest BCUT2D eigenvalue weighted by Crippen LogP contribution is 2.26. The van der Waals surface area contributed by atoms with Gasteiger partial charge in [0.15, 0.2) is 0 Å². The number of nitrogens with one attached hydrogen (secondary N) is 1. The zero-order chi connectivity index (χ0) is 13.9. The molecule has 0 fully saturated rings. The van der Waals surface area contributed by atoms with Gasteiger partial charge >= 0.3 is 0 Å². The number of pyridine rings is 1. The number of hydrogen-bond donors (Lipinski definition) is 1. The summed E-state index contributed by atoms with van der Waals surface area (Å²) < 4.78 is 0. The summed E-state index contributed by atoms with van der Waals surface area (Å²) in [5.74, 6) is 0. The molecule has 1 N–H and O–H groups in total. The average Bonchev–Trinajstić information content (AvgIpc) is 2.48. The van der Waals surface area contributed by atoms with Crippen molar-refractivity contribution in [2.75, 3.05) is 5.32 Å². The topological polar surface area (TPSA) is 24.9 Å². The molecule has 0 spiro atoms. The van der Waals surface area contributed by atoms with Crippen LogP contribution in [-0.2, 0) is 0 Å². The van der Waals surface area contributed by atoms with E-state index in [1.165, 1.54) is 11.1 Å². The Labute approximate surface area is 119 Å². The van der Waals surface area contributed by atoms with Crippen molar-refractivity contribution in [2.45, 2.75) is 19.9 Å². The maximum Gasteiger partial charge on any atom is 0.0933 e. The average molecular weight is 262 g/mol. The van der Waals surface area contributed by atoms with E-state index in [-0.39, 0.29) is 6.04 Å². The maximum absolute atomic E-state index is 4.49. The SMILES string of the molecule is Cc1ccccc1C(C)Nc1cccc2cccnc12. The number of hydrogen-bond acceptors (Lipinski definition) is 2. The largest absolute Gasteiger partial charge is 0.377 e. The molecule has 100 valence electrons. The molecule has 20 heavy (non-hydrogen) atoms. The van der Waals surface area contributed by atoms with E-state index in [0.29, 0.717) is 0 Å². The van der Waals surface area contributed by atoms with Crippen LogP contribution in [0, 0.1) is 6.92 Å². The predicted octanol–water partition coefficient (Wildman–Crippen LogP) is 4.72. The molecule has 1 aromatic heterocycles. The molecule has 0 aliphatic heterocycles. The van der Waals surface area contributed by atoms with Crippen LogP contribution in [0.5, 0.6) is 0 Å². The Kier molecular flexibility index (Phi) is 3.38. The Bertz CT molecular complexity index is 729. The van der Waals surface area contributed by atoms with Gasteiger partial charge in [-0.25, -0.2) is 0 Å². The third-order valence-corrected chi connectivity index (χ3v) is 3.66. The Morgan fingerprint density at radius 2 is 1.75 bits per heavy atom. The summed E-state index contributed by atoms with van der Waals surface area (Å²) in [7, 11) is 0. The maximum atomic E-state index is 4.49. The first-order valence-corrected chi connectivity index (χ1v) is 6.91. The van der Waals surface area contributed by atoms with Gasteiger partial charge in [0.05, 0.1) is 11.2 Å². The van der Waals surface area contributed by atoms with Crippen LogP contribution in [0.1, 0.15) is 24.1 Å². The molecule has 0 aliphatic rings. The number of para-hydroxylation sites is 1. The fraction of sp³-hybridized carbons (Fsp3) is 0.167. The van der Waals surface area contributed by atoms with Gasteiger partial charge in [0, 0.05) is 17.6 Å². The molecule has 0 saturated carbocycles. The van der Waals surface area contributed by atoms with E-state index in [9.17, 15) is 0 Å². The van der Waals surface area contributed by atoms with E-state index in [1.807, 2.05) is 12.3 Å². The summed E-state index contributed by atoms with van der Waals surface area (Å²) >= 11 is 0. The van der Waals surface area contributed by atoms with Crippen molar-refractivity contribution in [1.82, 2.24) is 4.98 Å². The van der Waals surface area contributed by atoms with Crippen molar-refractivity contribution >= 4 is 16.6 Å². The fourth-order valence-corrected chi connectivity index (χ4v) is 2.60. The zero-order valence-corrected chi connectivity index (χ0v) is 11.8. The number of nitrogens with zero attached hydrogens (tertiary/aromatic N) is 1. The van der Waals surface area contributed by atoms with Gasteiger partial charge in [-0.1, -0.05) is 42.5 Å². The highest BCUT2D eigenvalue weighted by atomic mass is 14.9. The van der Waals surface area contributed by atoms with Gasteiger partial charge < -0.3 is 5.32 Å². The van der Waals surface area contributed by atoms with Gasteiger partial charge in [-0.3, -0.25) is 4.98 Å². The van der Waals surface area contributed by atoms with Crippen LogP contribution >= 0.6 is 0 Å². The van der Waals surface area contributed by atoms with Gasteiger partial charge in [0.2, 0.25) is 0 Å². The van der Waals surface area contributed by atoms with Gasteiger partial charge in [-0.2, -0.15) is 0 Å². The second kappa shape index (κ2) is 5.33. The quantitative estimate of drug-likeness (QED) is 0.739. The molecular weight excluding hydrogens is 244 g/mol. The van der Waals surface area contributed by atoms with Gasteiger partial charge in [0.1, 0.15) is 0 Å². The third kappa shape index (κ3) is 2.37. The van der Waals surface area contributed by atoms with Crippen LogP contribution in [0.25, 0.3) is 10.9 Å². The van der Waals surface area contributed by atoms with Crippen LogP contribution in [0.2, 0.25) is 0 Å². The number of aromatic nitrogens is 1. The lowest BCUT2D eigenvalue weighted by Gasteiger charge is -2.18. The molecule has 2 nitrogen and oxygen atoms in total. The predicted molar refractivity (Wildman–Crippen MR) is 85.0 cm³/mol. The highest BCUT2D eigenvalue weighted by molar-refractivity contribution is 5.90. The van der Waals surface area contributed by atoms with Crippen molar-refractivity contribution in [3.05, 3.63) is 71.9 Å². The molecule has 0 radical (unpaired) electrons. The molecule has 3 rings (SSSR count). The summed E-state index contributed by atoms with van der Waals surface area (Å²) in [5, 5.41) is 4.74. The molecule has 0 amide bonds. The molecule has 1 unspecified atom stereocenters. The first-order valence-electron chi connectivity index (χ1n) is 6.91. The standard InChI is InChI=1S/C18H18N2/c1-13-7-3-4-10-16(13)14(2)20-17-11-5-8-15-9-6-12-19-18(15)17/h3-12,14,20H,1-2H3. The molecule has 0 saturated heterocycles. The molecule has 2 aromatic carbocycles. The Morgan fingerprint density at radius 1 is 0.950 bits per heavy atom. The second-order valence-corrected chi connectivity index (χ2v) is 5.10. The van der Waals surface area contributed by atoms with Gasteiger partial charge in [-0.15, -0.1) is 0 Å². The third-order valence-electron chi connectivity index (χ3n) is 3.66. The fourth-order valence-electron chi connectivity index (χ4n) is 2.60. The first-order chi connectivity index (χ1) is 9.75. The van der Waals surface area contributed by atoms with Gasteiger partial charge in [-0.05, 0) is 37.1 Å². The van der Waals surface area contributed by atoms with Gasteiger partial charge in [0.25, 0.3) is 0 Å². The minimum Gasteiger partial charge on any atom is -0.377 e. The Balaban J connectivity index is 1.96. The van der Waals surface area contributed by atoms with Crippen LogP contribution in [-0.4, -0.2) is 4.98 Å². The van der Waals surface area contributed by atoms with E-state index in [4.69, 9.17) is 0 Å². The van der Waals surface area contributed by atoms with Crippen LogP contribution in [0.15, 0.2) is 60.8 Å². The van der Waals surface area contributed by atoms with Crippen molar-refractivity contribution in [3.8, 4) is 0 Å². The molecule has 1 heterocycles. The van der Waals surface area contributed by atoms with Crippen LogP contribution < -0.4 is 5.32 Å². The number of benzene rings is 2. The van der Waals surface area contributed by atoms with Crippen molar-refractivity contribution in [2.24, 2.45) is 0 Å². The lowest BCUT2D eigenvalue weighted by Crippen LogP contribution is -2.08. The van der Waals surface area contributed by atoms with E-state index in [2.05, 4.69) is 72.7 Å². The molecule has 2 heteroatoms. The van der Waals surface area contributed by atoms with E-state index in [0.717, 1.165) is 16.6 Å². The van der Waals surface area contributed by atoms with Crippen LogP contribution in [0.3, 0.4) is 0 Å². The van der Waals surface area contributed by atoms with E-state index in [1.54, 1.807) is 0 Å². The summed E-state index contributed by atoms with van der Waals surface area (Å²) in [5.41, 5.74) is 4.73. The van der Waals surface area contributed by atoms with Crippen LogP contribution in [0.4, 0.5) is 5.69 Å². The summed E-state index contributed by atoms with van der Waals surface area (Å²) in [6.07, 6.45) is 1.84. The lowest BCUT2D eigenvalue weighted by molar-refractivity contribution is 0.875. The Hall–Kier alpha value is -2.35. The normalized spacial score (nSPS) is 12.3. The van der Waals surface area contributed by atoms with Crippen molar-refractivity contribution < 1.29 is 0 Å². The number of rotatable bonds is 3. The lowest BCUT2D eigenvalue weighted by atomic mass is 10.0. The number of fused-ring (bicyclic) bond motifs is 1. The molecule has 3 aromatic rings. The minimum absolute atomic E-state index is 0.254. The number of aryl methyl sites for hydroxylation is 1. The summed E-state index contributed by atoms with van der Waals surface area (Å²) in [6, 6.07) is 19.0. The smallest absolute Gasteiger partial charge is 0.0933 e. The van der Waals surface area contributed by atoms with E-state index >= 15 is 0 Å². The Morgan fingerprint density at radius 3 is 2.60 bits per heavy atom. The zero-order valence-electron chi connectivity index (χ0n) is 11.8. The molecule has 0 bridgehead atoms. The number of anilines is 1. The molecule has 1 atom stereocenters. The minimum atomic E-state index is 0.254.